The molecule has 1 atom stereocenters. The van der Waals surface area contributed by atoms with E-state index in [1.165, 1.54) is 11.3 Å². The molecule has 21 heavy (non-hydrogen) atoms. The SMILES string of the molecule is C[C@H](NS(=O)(=O)c1ccc(F)c(C(=O)O)c1)c1cccs1. The molecule has 0 saturated heterocycles. The fourth-order valence-electron chi connectivity index (χ4n) is 1.73. The Bertz CT molecular complexity index is 756. The van der Waals surface area contributed by atoms with Crippen LogP contribution in [0.1, 0.15) is 28.2 Å². The van der Waals surface area contributed by atoms with Crippen LogP contribution in [0.2, 0.25) is 0 Å². The summed E-state index contributed by atoms with van der Waals surface area (Å²) in [7, 11) is -3.93. The predicted octanol–water partition coefficient (Wildman–Crippen LogP) is 2.62. The summed E-state index contributed by atoms with van der Waals surface area (Å²) in [5, 5.41) is 10.7. The summed E-state index contributed by atoms with van der Waals surface area (Å²) in [5.74, 6) is -2.50. The number of thiophene rings is 1. The van der Waals surface area contributed by atoms with Crippen molar-refractivity contribution >= 4 is 27.3 Å². The number of carbonyl (C=O) groups is 1. The van der Waals surface area contributed by atoms with E-state index >= 15 is 0 Å². The molecule has 0 bridgehead atoms. The van der Waals surface area contributed by atoms with Gasteiger partial charge in [-0.1, -0.05) is 6.07 Å². The summed E-state index contributed by atoms with van der Waals surface area (Å²) in [6.45, 7) is 1.67. The van der Waals surface area contributed by atoms with Gasteiger partial charge in [-0.2, -0.15) is 0 Å². The highest BCUT2D eigenvalue weighted by Crippen LogP contribution is 2.22. The summed E-state index contributed by atoms with van der Waals surface area (Å²) in [4.78, 5) is 11.4. The maximum Gasteiger partial charge on any atom is 0.338 e. The molecule has 0 aliphatic heterocycles. The number of aromatic carboxylic acids is 1. The summed E-state index contributed by atoms with van der Waals surface area (Å²) in [6, 6.07) is 5.78. The molecule has 0 unspecified atom stereocenters. The summed E-state index contributed by atoms with van der Waals surface area (Å²) in [6.07, 6.45) is 0. The van der Waals surface area contributed by atoms with Gasteiger partial charge in [-0.25, -0.2) is 22.3 Å². The van der Waals surface area contributed by atoms with Crippen molar-refractivity contribution in [1.29, 1.82) is 0 Å². The van der Waals surface area contributed by atoms with E-state index in [0.717, 1.165) is 23.1 Å². The van der Waals surface area contributed by atoms with Gasteiger partial charge in [0.15, 0.2) is 0 Å². The monoisotopic (exact) mass is 329 g/mol. The number of hydrogen-bond acceptors (Lipinski definition) is 4. The number of rotatable bonds is 5. The Morgan fingerprint density at radius 1 is 1.38 bits per heavy atom. The minimum atomic E-state index is -3.93. The number of halogens is 1. The third kappa shape index (κ3) is 3.46. The standard InChI is InChI=1S/C13H12FNO4S2/c1-8(12-3-2-6-20-12)15-21(18,19)9-4-5-11(14)10(7-9)13(16)17/h2-8,15H,1H3,(H,16,17)/t8-/m0/s1. The minimum absolute atomic E-state index is 0.287. The average Bonchev–Trinajstić information content (AvgIpc) is 2.92. The van der Waals surface area contributed by atoms with Gasteiger partial charge in [-0.05, 0) is 36.6 Å². The molecule has 2 rings (SSSR count). The molecular formula is C13H12FNO4S2. The fraction of sp³-hybridized carbons (Fsp3) is 0.154. The van der Waals surface area contributed by atoms with Crippen LogP contribution < -0.4 is 4.72 Å². The van der Waals surface area contributed by atoms with Crippen molar-refractivity contribution in [1.82, 2.24) is 4.72 Å². The predicted molar refractivity (Wildman–Crippen MR) is 76.4 cm³/mol. The van der Waals surface area contributed by atoms with Crippen LogP contribution in [0, 0.1) is 5.82 Å². The molecule has 0 saturated carbocycles. The third-order valence-electron chi connectivity index (χ3n) is 2.78. The fourth-order valence-corrected chi connectivity index (χ4v) is 3.79. The molecule has 112 valence electrons. The molecule has 0 amide bonds. The molecular weight excluding hydrogens is 317 g/mol. The van der Waals surface area contributed by atoms with Crippen LogP contribution in [0.25, 0.3) is 0 Å². The minimum Gasteiger partial charge on any atom is -0.478 e. The molecule has 2 N–H and O–H groups in total. The lowest BCUT2D eigenvalue weighted by Crippen LogP contribution is -2.26. The van der Waals surface area contributed by atoms with Crippen LogP contribution in [-0.2, 0) is 10.0 Å². The first-order valence-corrected chi connectivity index (χ1v) is 8.26. The summed E-state index contributed by atoms with van der Waals surface area (Å²) >= 11 is 1.40. The zero-order chi connectivity index (χ0) is 15.6. The van der Waals surface area contributed by atoms with Gasteiger partial charge in [0.05, 0.1) is 16.5 Å². The van der Waals surface area contributed by atoms with Crippen molar-refractivity contribution in [2.24, 2.45) is 0 Å². The summed E-state index contributed by atoms with van der Waals surface area (Å²) in [5.41, 5.74) is -0.679. The van der Waals surface area contributed by atoms with Gasteiger partial charge < -0.3 is 5.11 Å². The molecule has 8 heteroatoms. The number of carboxylic acids is 1. The molecule has 2 aromatic rings. The summed E-state index contributed by atoms with van der Waals surface area (Å²) < 4.78 is 40.1. The molecule has 0 fully saturated rings. The molecule has 0 radical (unpaired) electrons. The topological polar surface area (TPSA) is 83.5 Å². The van der Waals surface area contributed by atoms with Crippen LogP contribution >= 0.6 is 11.3 Å². The first-order chi connectivity index (χ1) is 9.81. The number of sulfonamides is 1. The van der Waals surface area contributed by atoms with Crippen LogP contribution in [0.4, 0.5) is 4.39 Å². The maximum absolute atomic E-state index is 13.3. The first-order valence-electron chi connectivity index (χ1n) is 5.90. The van der Waals surface area contributed by atoms with E-state index in [1.54, 1.807) is 19.1 Å². The largest absolute Gasteiger partial charge is 0.478 e. The molecule has 5 nitrogen and oxygen atoms in total. The van der Waals surface area contributed by atoms with Crippen molar-refractivity contribution in [3.05, 3.63) is 52.0 Å². The van der Waals surface area contributed by atoms with Crippen molar-refractivity contribution in [3.63, 3.8) is 0 Å². The zero-order valence-corrected chi connectivity index (χ0v) is 12.5. The van der Waals surface area contributed by atoms with Crippen molar-refractivity contribution in [3.8, 4) is 0 Å². The number of benzene rings is 1. The van der Waals surface area contributed by atoms with E-state index in [9.17, 15) is 17.6 Å². The van der Waals surface area contributed by atoms with E-state index in [1.807, 2.05) is 5.38 Å². The van der Waals surface area contributed by atoms with Gasteiger partial charge in [0.25, 0.3) is 0 Å². The Kier molecular flexibility index (Phi) is 4.40. The Hall–Kier alpha value is -1.77. The average molecular weight is 329 g/mol. The highest BCUT2D eigenvalue weighted by molar-refractivity contribution is 7.89. The lowest BCUT2D eigenvalue weighted by Gasteiger charge is -2.13. The quantitative estimate of drug-likeness (QED) is 0.883. The van der Waals surface area contributed by atoms with Crippen molar-refractivity contribution in [2.45, 2.75) is 17.9 Å². The van der Waals surface area contributed by atoms with Gasteiger partial charge >= 0.3 is 5.97 Å². The van der Waals surface area contributed by atoms with Crippen LogP contribution in [0.5, 0.6) is 0 Å². The van der Waals surface area contributed by atoms with E-state index in [-0.39, 0.29) is 4.90 Å². The Labute approximate surface area is 125 Å². The Morgan fingerprint density at radius 2 is 2.10 bits per heavy atom. The van der Waals surface area contributed by atoms with Gasteiger partial charge in [-0.15, -0.1) is 11.3 Å². The van der Waals surface area contributed by atoms with Crippen LogP contribution in [-0.4, -0.2) is 19.5 Å². The van der Waals surface area contributed by atoms with E-state index in [0.29, 0.717) is 0 Å². The number of carboxylic acid groups (broad SMARTS) is 1. The van der Waals surface area contributed by atoms with E-state index in [2.05, 4.69) is 4.72 Å². The smallest absolute Gasteiger partial charge is 0.338 e. The highest BCUT2D eigenvalue weighted by Gasteiger charge is 2.21. The zero-order valence-electron chi connectivity index (χ0n) is 10.9. The first kappa shape index (κ1) is 15.6. The Morgan fingerprint density at radius 3 is 2.67 bits per heavy atom. The second-order valence-electron chi connectivity index (χ2n) is 4.31. The molecule has 0 aliphatic carbocycles. The molecule has 0 aliphatic rings. The highest BCUT2D eigenvalue weighted by atomic mass is 32.2. The van der Waals surface area contributed by atoms with E-state index in [4.69, 9.17) is 5.11 Å². The van der Waals surface area contributed by atoms with Gasteiger partial charge in [0.2, 0.25) is 10.0 Å². The maximum atomic E-state index is 13.3. The third-order valence-corrected chi connectivity index (χ3v) is 5.37. The molecule has 1 aromatic heterocycles. The molecule has 1 heterocycles. The Balaban J connectivity index is 2.32. The second kappa shape index (κ2) is 5.92. The van der Waals surface area contributed by atoms with Gasteiger partial charge in [-0.3, -0.25) is 0 Å². The van der Waals surface area contributed by atoms with Crippen LogP contribution in [0.3, 0.4) is 0 Å². The van der Waals surface area contributed by atoms with Crippen molar-refractivity contribution in [2.75, 3.05) is 0 Å². The lowest BCUT2D eigenvalue weighted by molar-refractivity contribution is 0.0691. The van der Waals surface area contributed by atoms with Crippen molar-refractivity contribution < 1.29 is 22.7 Å². The number of nitrogens with one attached hydrogen (secondary N) is 1. The van der Waals surface area contributed by atoms with E-state index < -0.39 is 33.4 Å². The molecule has 0 spiro atoms. The van der Waals surface area contributed by atoms with Gasteiger partial charge in [0, 0.05) is 4.88 Å². The lowest BCUT2D eigenvalue weighted by atomic mass is 10.2. The molecule has 1 aromatic carbocycles. The van der Waals surface area contributed by atoms with Crippen LogP contribution in [0.15, 0.2) is 40.6 Å². The number of hydrogen-bond donors (Lipinski definition) is 2. The second-order valence-corrected chi connectivity index (χ2v) is 7.00. The van der Waals surface area contributed by atoms with Gasteiger partial charge in [0.1, 0.15) is 5.82 Å². The normalized spacial score (nSPS) is 13.0.